The number of likely N-dealkylation sites (tertiary alicyclic amines) is 1. The third-order valence-corrected chi connectivity index (χ3v) is 4.77. The van der Waals surface area contributed by atoms with Crippen molar-refractivity contribution in [1.82, 2.24) is 10.2 Å². The molecule has 24 heavy (non-hydrogen) atoms. The first-order valence-corrected chi connectivity index (χ1v) is 8.46. The molecular weight excluding hydrogens is 308 g/mol. The molecule has 2 aliphatic heterocycles. The van der Waals surface area contributed by atoms with Gasteiger partial charge in [0.15, 0.2) is 0 Å². The fourth-order valence-corrected chi connectivity index (χ4v) is 3.34. The molecule has 1 unspecified atom stereocenters. The van der Waals surface area contributed by atoms with Crippen LogP contribution in [0, 0.1) is 5.92 Å². The van der Waals surface area contributed by atoms with Gasteiger partial charge in [0.05, 0.1) is 19.1 Å². The molecule has 6 nitrogen and oxygen atoms in total. The third kappa shape index (κ3) is 4.06. The minimum Gasteiger partial charge on any atom is -0.444 e. The molecule has 6 heteroatoms. The largest absolute Gasteiger partial charge is 0.444 e. The van der Waals surface area contributed by atoms with E-state index in [4.69, 9.17) is 9.47 Å². The van der Waals surface area contributed by atoms with Gasteiger partial charge in [-0.1, -0.05) is 30.3 Å². The van der Waals surface area contributed by atoms with Crippen molar-refractivity contribution in [3.05, 3.63) is 35.9 Å². The van der Waals surface area contributed by atoms with Gasteiger partial charge in [0.25, 0.3) is 0 Å². The Morgan fingerprint density at radius 1 is 1.38 bits per heavy atom. The van der Waals surface area contributed by atoms with Crippen LogP contribution in [-0.2, 0) is 20.7 Å². The molecule has 0 saturated carbocycles. The number of nitrogens with one attached hydrogen (secondary N) is 1. The second kappa shape index (κ2) is 7.66. The molecule has 2 saturated heterocycles. The van der Waals surface area contributed by atoms with Gasteiger partial charge in [-0.2, -0.15) is 0 Å². The van der Waals surface area contributed by atoms with Crippen molar-refractivity contribution in [1.29, 1.82) is 0 Å². The summed E-state index contributed by atoms with van der Waals surface area (Å²) >= 11 is 0. The lowest BCUT2D eigenvalue weighted by atomic mass is 10.00. The smallest absolute Gasteiger partial charge is 0.407 e. The SMILES string of the molecule is CN1C(=O)C(CNC(=O)O[C@@H]2CCOC2)C[C@@H]1Cc1ccccc1. The van der Waals surface area contributed by atoms with Gasteiger partial charge in [0, 0.05) is 26.1 Å². The van der Waals surface area contributed by atoms with Gasteiger partial charge in [0.2, 0.25) is 5.91 Å². The molecule has 3 rings (SSSR count). The lowest BCUT2D eigenvalue weighted by Gasteiger charge is -2.19. The predicted molar refractivity (Wildman–Crippen MR) is 88.5 cm³/mol. The van der Waals surface area contributed by atoms with Crippen LogP contribution in [0.4, 0.5) is 4.79 Å². The maximum Gasteiger partial charge on any atom is 0.407 e. The topological polar surface area (TPSA) is 67.9 Å². The molecule has 2 aliphatic rings. The highest BCUT2D eigenvalue weighted by Crippen LogP contribution is 2.25. The number of carbonyl (C=O) groups excluding carboxylic acids is 2. The molecule has 2 heterocycles. The van der Waals surface area contributed by atoms with Crippen molar-refractivity contribution in [2.75, 3.05) is 26.8 Å². The van der Waals surface area contributed by atoms with Crippen LogP contribution in [0.15, 0.2) is 30.3 Å². The van der Waals surface area contributed by atoms with Crippen LogP contribution in [0.5, 0.6) is 0 Å². The van der Waals surface area contributed by atoms with Crippen molar-refractivity contribution in [2.45, 2.75) is 31.4 Å². The number of rotatable bonds is 5. The molecule has 0 spiro atoms. The fourth-order valence-electron chi connectivity index (χ4n) is 3.34. The number of likely N-dealkylation sites (N-methyl/N-ethyl adjacent to an activating group) is 1. The summed E-state index contributed by atoms with van der Waals surface area (Å²) in [5.74, 6) is -0.100. The first kappa shape index (κ1) is 16.8. The van der Waals surface area contributed by atoms with E-state index >= 15 is 0 Å². The molecule has 1 aromatic carbocycles. The predicted octanol–water partition coefficient (Wildman–Crippen LogP) is 1.59. The van der Waals surface area contributed by atoms with Crippen molar-refractivity contribution in [3.8, 4) is 0 Å². The van der Waals surface area contributed by atoms with Crippen molar-refractivity contribution in [3.63, 3.8) is 0 Å². The number of hydrogen-bond acceptors (Lipinski definition) is 4. The maximum atomic E-state index is 12.4. The van der Waals surface area contributed by atoms with E-state index in [-0.39, 0.29) is 24.0 Å². The summed E-state index contributed by atoms with van der Waals surface area (Å²) < 4.78 is 10.4. The average molecular weight is 332 g/mol. The number of ether oxygens (including phenoxy) is 2. The van der Waals surface area contributed by atoms with Gasteiger partial charge in [-0.05, 0) is 18.4 Å². The molecular formula is C18H24N2O4. The van der Waals surface area contributed by atoms with E-state index in [2.05, 4.69) is 17.4 Å². The standard InChI is InChI=1S/C18H24N2O4/c1-20-15(9-13-5-3-2-4-6-13)10-14(17(20)21)11-19-18(22)24-16-7-8-23-12-16/h2-6,14-16H,7-12H2,1H3,(H,19,22)/t14?,15-,16+/m0/s1. The highest BCUT2D eigenvalue weighted by molar-refractivity contribution is 5.82. The Bertz CT molecular complexity index is 572. The monoisotopic (exact) mass is 332 g/mol. The zero-order chi connectivity index (χ0) is 16.9. The number of carbonyl (C=O) groups is 2. The maximum absolute atomic E-state index is 12.4. The number of alkyl carbamates (subject to hydrolysis) is 1. The Labute approximate surface area is 142 Å². The molecule has 2 amide bonds. The number of nitrogens with zero attached hydrogens (tertiary/aromatic N) is 1. The molecule has 2 fully saturated rings. The second-order valence-electron chi connectivity index (χ2n) is 6.50. The van der Waals surface area contributed by atoms with E-state index < -0.39 is 6.09 Å². The quantitative estimate of drug-likeness (QED) is 0.889. The number of amides is 2. The summed E-state index contributed by atoms with van der Waals surface area (Å²) in [5.41, 5.74) is 1.22. The summed E-state index contributed by atoms with van der Waals surface area (Å²) in [6.45, 7) is 1.41. The zero-order valence-corrected chi connectivity index (χ0v) is 13.9. The minimum atomic E-state index is -0.465. The summed E-state index contributed by atoms with van der Waals surface area (Å²) in [6, 6.07) is 10.3. The summed E-state index contributed by atoms with van der Waals surface area (Å²) in [6.07, 6.45) is 1.68. The number of hydrogen-bond donors (Lipinski definition) is 1. The summed E-state index contributed by atoms with van der Waals surface area (Å²) in [5, 5.41) is 2.72. The average Bonchev–Trinajstić information content (AvgIpc) is 3.18. The fraction of sp³-hybridized carbons (Fsp3) is 0.556. The van der Waals surface area contributed by atoms with Gasteiger partial charge in [-0.3, -0.25) is 4.79 Å². The second-order valence-corrected chi connectivity index (χ2v) is 6.50. The number of benzene rings is 1. The van der Waals surface area contributed by atoms with E-state index in [9.17, 15) is 9.59 Å². The van der Waals surface area contributed by atoms with Crippen LogP contribution in [0.1, 0.15) is 18.4 Å². The molecule has 3 atom stereocenters. The van der Waals surface area contributed by atoms with Crippen LogP contribution in [0.2, 0.25) is 0 Å². The zero-order valence-electron chi connectivity index (χ0n) is 13.9. The molecule has 0 aliphatic carbocycles. The Hall–Kier alpha value is -2.08. The van der Waals surface area contributed by atoms with E-state index in [0.717, 1.165) is 19.3 Å². The Balaban J connectivity index is 1.47. The van der Waals surface area contributed by atoms with Crippen LogP contribution in [0.3, 0.4) is 0 Å². The Kier molecular flexibility index (Phi) is 5.35. The third-order valence-electron chi connectivity index (χ3n) is 4.77. The highest BCUT2D eigenvalue weighted by Gasteiger charge is 2.37. The van der Waals surface area contributed by atoms with E-state index in [1.165, 1.54) is 5.56 Å². The van der Waals surface area contributed by atoms with E-state index in [1.54, 1.807) is 4.90 Å². The first-order chi connectivity index (χ1) is 11.6. The molecule has 130 valence electrons. The molecule has 0 bridgehead atoms. The first-order valence-electron chi connectivity index (χ1n) is 8.46. The lowest BCUT2D eigenvalue weighted by Crippen LogP contribution is -2.36. The van der Waals surface area contributed by atoms with Crippen molar-refractivity contribution >= 4 is 12.0 Å². The van der Waals surface area contributed by atoms with Crippen molar-refractivity contribution < 1.29 is 19.1 Å². The normalized spacial score (nSPS) is 26.6. The van der Waals surface area contributed by atoms with Crippen LogP contribution >= 0.6 is 0 Å². The van der Waals surface area contributed by atoms with Gasteiger partial charge in [-0.15, -0.1) is 0 Å². The molecule has 1 N–H and O–H groups in total. The van der Waals surface area contributed by atoms with E-state index in [1.807, 2.05) is 25.2 Å². The summed E-state index contributed by atoms with van der Waals surface area (Å²) in [4.78, 5) is 26.0. The van der Waals surface area contributed by atoms with Crippen LogP contribution in [-0.4, -0.2) is 55.9 Å². The van der Waals surface area contributed by atoms with Crippen LogP contribution < -0.4 is 5.32 Å². The Morgan fingerprint density at radius 3 is 2.88 bits per heavy atom. The summed E-state index contributed by atoms with van der Waals surface area (Å²) in [7, 11) is 1.84. The van der Waals surface area contributed by atoms with Gasteiger partial charge >= 0.3 is 6.09 Å². The molecule has 1 aromatic rings. The van der Waals surface area contributed by atoms with Gasteiger partial charge in [0.1, 0.15) is 6.10 Å². The minimum absolute atomic E-state index is 0.0837. The molecule has 0 aromatic heterocycles. The molecule has 0 radical (unpaired) electrons. The van der Waals surface area contributed by atoms with Crippen molar-refractivity contribution in [2.24, 2.45) is 5.92 Å². The highest BCUT2D eigenvalue weighted by atomic mass is 16.6. The van der Waals surface area contributed by atoms with Crippen LogP contribution in [0.25, 0.3) is 0 Å². The van der Waals surface area contributed by atoms with Gasteiger partial charge in [-0.25, -0.2) is 4.79 Å². The Morgan fingerprint density at radius 2 is 2.17 bits per heavy atom. The lowest BCUT2D eigenvalue weighted by molar-refractivity contribution is -0.130. The van der Waals surface area contributed by atoms with Gasteiger partial charge < -0.3 is 19.7 Å². The van der Waals surface area contributed by atoms with E-state index in [0.29, 0.717) is 19.8 Å².